The third kappa shape index (κ3) is 4.96. The number of methoxy groups -OCH3 is 2. The van der Waals surface area contributed by atoms with E-state index in [-0.39, 0.29) is 0 Å². The Balaban J connectivity index is 2.81. The van der Waals surface area contributed by atoms with Crippen molar-refractivity contribution < 1.29 is 9.47 Å². The zero-order valence-corrected chi connectivity index (χ0v) is 12.7. The summed E-state index contributed by atoms with van der Waals surface area (Å²) < 4.78 is 10.6. The van der Waals surface area contributed by atoms with E-state index in [9.17, 15) is 0 Å². The Morgan fingerprint density at radius 3 is 2.37 bits per heavy atom. The Hall–Kier alpha value is -0.860. The number of hydrogen-bond acceptors (Lipinski definition) is 2. The predicted octanol–water partition coefficient (Wildman–Crippen LogP) is 4.58. The average Bonchev–Trinajstić information content (AvgIpc) is 2.46. The molecule has 0 aliphatic rings. The Morgan fingerprint density at radius 1 is 1.11 bits per heavy atom. The van der Waals surface area contributed by atoms with Crippen LogP contribution in [0.1, 0.15) is 50.7 Å². The second-order valence-corrected chi connectivity index (χ2v) is 4.97. The molecule has 0 amide bonds. The zero-order chi connectivity index (χ0) is 14.1. The van der Waals surface area contributed by atoms with Gasteiger partial charge in [-0.1, -0.05) is 63.8 Å². The van der Waals surface area contributed by atoms with Crippen molar-refractivity contribution >= 4 is 0 Å². The van der Waals surface area contributed by atoms with Gasteiger partial charge in [-0.05, 0) is 17.9 Å². The van der Waals surface area contributed by atoms with Crippen molar-refractivity contribution in [3.05, 3.63) is 41.7 Å². The van der Waals surface area contributed by atoms with Gasteiger partial charge in [0, 0.05) is 19.8 Å². The van der Waals surface area contributed by atoms with Crippen LogP contribution in [0.5, 0.6) is 0 Å². The van der Waals surface area contributed by atoms with Gasteiger partial charge in [0.05, 0.1) is 0 Å². The largest absolute Gasteiger partial charge is 0.345 e. The summed E-state index contributed by atoms with van der Waals surface area (Å²) in [4.78, 5) is 0. The minimum atomic E-state index is 0.612. The van der Waals surface area contributed by atoms with Gasteiger partial charge in [0.2, 0.25) is 0 Å². The molecule has 1 radical (unpaired) electrons. The number of ether oxygens (including phenoxy) is 2. The lowest BCUT2D eigenvalue weighted by atomic mass is 9.90. The molecule has 1 aromatic rings. The van der Waals surface area contributed by atoms with Crippen LogP contribution in [-0.4, -0.2) is 14.2 Å². The summed E-state index contributed by atoms with van der Waals surface area (Å²) >= 11 is 0. The van der Waals surface area contributed by atoms with E-state index in [2.05, 4.69) is 32.0 Å². The van der Waals surface area contributed by atoms with Gasteiger partial charge in [-0.3, -0.25) is 0 Å². The Morgan fingerprint density at radius 2 is 1.79 bits per heavy atom. The lowest BCUT2D eigenvalue weighted by molar-refractivity contribution is 0.0263. The fourth-order valence-electron chi connectivity index (χ4n) is 2.46. The van der Waals surface area contributed by atoms with E-state index in [1.165, 1.54) is 31.2 Å². The lowest BCUT2D eigenvalue weighted by Crippen LogP contribution is -2.11. The molecule has 1 atom stereocenters. The first-order valence-corrected chi connectivity index (χ1v) is 7.29. The van der Waals surface area contributed by atoms with Crippen LogP contribution in [-0.2, 0) is 15.9 Å². The van der Waals surface area contributed by atoms with Crippen molar-refractivity contribution in [3.63, 3.8) is 0 Å². The summed E-state index contributed by atoms with van der Waals surface area (Å²) in [6, 6.07) is 8.38. The predicted molar refractivity (Wildman–Crippen MR) is 79.8 cm³/mol. The van der Waals surface area contributed by atoms with Gasteiger partial charge in [0.15, 0.2) is 0 Å². The minimum Gasteiger partial charge on any atom is -0.345 e. The summed E-state index contributed by atoms with van der Waals surface area (Å²) in [5.41, 5.74) is 2.41. The van der Waals surface area contributed by atoms with Crippen LogP contribution in [0.15, 0.2) is 24.3 Å². The molecule has 1 unspecified atom stereocenters. The van der Waals surface area contributed by atoms with Gasteiger partial charge in [-0.15, -0.1) is 0 Å². The molecule has 0 saturated heterocycles. The fourth-order valence-corrected chi connectivity index (χ4v) is 2.46. The van der Waals surface area contributed by atoms with E-state index >= 15 is 0 Å². The Kier molecular flexibility index (Phi) is 7.76. The van der Waals surface area contributed by atoms with E-state index < -0.39 is 0 Å². The Labute approximate surface area is 118 Å². The molecular weight excluding hydrogens is 236 g/mol. The molecule has 2 nitrogen and oxygen atoms in total. The molecule has 0 aliphatic heterocycles. The first-order chi connectivity index (χ1) is 9.26. The molecule has 0 N–H and O–H groups in total. The SMILES string of the molecule is CCCCC(CC)Cc1ccccc1[C](OC)OC. The molecule has 0 fully saturated rings. The fraction of sp³-hybridized carbons (Fsp3) is 0.588. The molecule has 0 bridgehead atoms. The zero-order valence-electron chi connectivity index (χ0n) is 12.7. The smallest absolute Gasteiger partial charge is 0.255 e. The number of benzene rings is 1. The number of unbranched alkanes of at least 4 members (excludes halogenated alkanes) is 1. The summed E-state index contributed by atoms with van der Waals surface area (Å²) in [6.07, 6.45) is 6.82. The summed E-state index contributed by atoms with van der Waals surface area (Å²) in [7, 11) is 3.31. The normalized spacial score (nSPS) is 12.9. The molecular formula is C17H27O2. The maximum absolute atomic E-state index is 5.32. The molecule has 19 heavy (non-hydrogen) atoms. The highest BCUT2D eigenvalue weighted by molar-refractivity contribution is 5.34. The molecule has 0 saturated carbocycles. The van der Waals surface area contributed by atoms with E-state index in [1.54, 1.807) is 14.2 Å². The molecule has 0 aromatic heterocycles. The van der Waals surface area contributed by atoms with Crippen LogP contribution in [0.3, 0.4) is 0 Å². The van der Waals surface area contributed by atoms with Crippen LogP contribution in [0.4, 0.5) is 0 Å². The van der Waals surface area contributed by atoms with Crippen molar-refractivity contribution in [2.75, 3.05) is 14.2 Å². The van der Waals surface area contributed by atoms with Crippen LogP contribution in [0.2, 0.25) is 0 Å². The monoisotopic (exact) mass is 263 g/mol. The van der Waals surface area contributed by atoms with E-state index in [0.29, 0.717) is 6.29 Å². The van der Waals surface area contributed by atoms with Crippen LogP contribution in [0, 0.1) is 12.2 Å². The number of rotatable bonds is 9. The third-order valence-corrected chi connectivity index (χ3v) is 3.66. The van der Waals surface area contributed by atoms with E-state index in [0.717, 1.165) is 17.9 Å². The highest BCUT2D eigenvalue weighted by Gasteiger charge is 2.17. The van der Waals surface area contributed by atoms with Gasteiger partial charge < -0.3 is 9.47 Å². The van der Waals surface area contributed by atoms with E-state index in [1.807, 2.05) is 6.07 Å². The summed E-state index contributed by atoms with van der Waals surface area (Å²) in [6.45, 7) is 4.53. The summed E-state index contributed by atoms with van der Waals surface area (Å²) in [5, 5.41) is 0. The van der Waals surface area contributed by atoms with Crippen molar-refractivity contribution in [1.82, 2.24) is 0 Å². The third-order valence-electron chi connectivity index (χ3n) is 3.66. The quantitative estimate of drug-likeness (QED) is 0.649. The second-order valence-electron chi connectivity index (χ2n) is 4.97. The highest BCUT2D eigenvalue weighted by Crippen LogP contribution is 2.25. The minimum absolute atomic E-state index is 0.612. The molecule has 0 heterocycles. The lowest BCUT2D eigenvalue weighted by Gasteiger charge is -2.19. The van der Waals surface area contributed by atoms with Crippen molar-refractivity contribution in [3.8, 4) is 0 Å². The maximum atomic E-state index is 5.32. The first kappa shape index (κ1) is 16.2. The second kappa shape index (κ2) is 9.11. The van der Waals surface area contributed by atoms with Gasteiger partial charge in [0.25, 0.3) is 6.29 Å². The first-order valence-electron chi connectivity index (χ1n) is 7.29. The van der Waals surface area contributed by atoms with E-state index in [4.69, 9.17) is 9.47 Å². The standard InChI is InChI=1S/C17H27O2/c1-5-7-10-14(6-2)13-15-11-8-9-12-16(15)17(18-3)19-4/h8-9,11-12,14H,5-7,10,13H2,1-4H3. The van der Waals surface area contributed by atoms with Crippen molar-refractivity contribution in [2.45, 2.75) is 46.0 Å². The molecule has 1 rings (SSSR count). The van der Waals surface area contributed by atoms with Gasteiger partial charge >= 0.3 is 0 Å². The van der Waals surface area contributed by atoms with Crippen molar-refractivity contribution in [1.29, 1.82) is 0 Å². The Bertz CT molecular complexity index is 345. The molecule has 107 valence electrons. The van der Waals surface area contributed by atoms with Gasteiger partial charge in [-0.2, -0.15) is 0 Å². The molecule has 0 spiro atoms. The molecule has 0 aliphatic carbocycles. The molecule has 1 aromatic carbocycles. The maximum Gasteiger partial charge on any atom is 0.255 e. The van der Waals surface area contributed by atoms with Gasteiger partial charge in [-0.25, -0.2) is 0 Å². The van der Waals surface area contributed by atoms with Crippen LogP contribution in [0.25, 0.3) is 0 Å². The number of hydrogen-bond donors (Lipinski definition) is 0. The highest BCUT2D eigenvalue weighted by atomic mass is 16.7. The van der Waals surface area contributed by atoms with Crippen molar-refractivity contribution in [2.24, 2.45) is 5.92 Å². The van der Waals surface area contributed by atoms with Crippen LogP contribution < -0.4 is 0 Å². The van der Waals surface area contributed by atoms with Gasteiger partial charge in [0.1, 0.15) is 0 Å². The topological polar surface area (TPSA) is 18.5 Å². The van der Waals surface area contributed by atoms with Crippen LogP contribution >= 0.6 is 0 Å². The average molecular weight is 263 g/mol. The molecule has 2 heteroatoms. The summed E-state index contributed by atoms with van der Waals surface area (Å²) in [5.74, 6) is 0.746.